The summed E-state index contributed by atoms with van der Waals surface area (Å²) in [6, 6.07) is 5.62. The van der Waals surface area contributed by atoms with Crippen molar-refractivity contribution in [3.8, 4) is 0 Å². The van der Waals surface area contributed by atoms with Crippen LogP contribution in [0.1, 0.15) is 41.9 Å². The lowest BCUT2D eigenvalue weighted by Crippen LogP contribution is -2.28. The van der Waals surface area contributed by atoms with Gasteiger partial charge in [-0.1, -0.05) is 17.7 Å². The van der Waals surface area contributed by atoms with Crippen molar-refractivity contribution >= 4 is 45.0 Å². The van der Waals surface area contributed by atoms with Gasteiger partial charge in [0.05, 0.1) is 20.6 Å². The molecule has 1 N–H and O–H groups in total. The fourth-order valence-electron chi connectivity index (χ4n) is 3.09. The molecule has 1 saturated heterocycles. The number of halogens is 1. The second kappa shape index (κ2) is 7.17. The number of anilines is 1. The van der Waals surface area contributed by atoms with Crippen molar-refractivity contribution in [2.24, 2.45) is 0 Å². The van der Waals surface area contributed by atoms with Gasteiger partial charge < -0.3 is 10.2 Å². The molecule has 0 spiro atoms. The zero-order valence-electron chi connectivity index (χ0n) is 14.3. The van der Waals surface area contributed by atoms with Crippen molar-refractivity contribution in [3.05, 3.63) is 46.2 Å². The first-order valence-electron chi connectivity index (χ1n) is 8.54. The number of carbonyl (C=O) groups excluding carboxylic acids is 1. The second-order valence-corrected chi connectivity index (χ2v) is 8.00. The van der Waals surface area contributed by atoms with Gasteiger partial charge in [-0.2, -0.15) is 0 Å². The largest absolute Gasteiger partial charge is 0.348 e. The Bertz CT molecular complexity index is 939. The summed E-state index contributed by atoms with van der Waals surface area (Å²) >= 11 is 7.52. The van der Waals surface area contributed by atoms with E-state index in [0.29, 0.717) is 21.5 Å². The highest BCUT2D eigenvalue weighted by Crippen LogP contribution is 2.32. The van der Waals surface area contributed by atoms with Gasteiger partial charge in [0.25, 0.3) is 5.91 Å². The molecule has 1 aliphatic rings. The van der Waals surface area contributed by atoms with Gasteiger partial charge in [0, 0.05) is 25.5 Å². The van der Waals surface area contributed by atoms with Crippen LogP contribution in [0, 0.1) is 0 Å². The van der Waals surface area contributed by atoms with Crippen molar-refractivity contribution in [1.82, 2.24) is 19.9 Å². The molecule has 1 fully saturated rings. The van der Waals surface area contributed by atoms with Crippen molar-refractivity contribution in [2.45, 2.75) is 25.8 Å². The Kier molecular flexibility index (Phi) is 4.74. The Labute approximate surface area is 160 Å². The Morgan fingerprint density at radius 3 is 2.88 bits per heavy atom. The van der Waals surface area contributed by atoms with Gasteiger partial charge in [-0.05, 0) is 37.5 Å². The van der Waals surface area contributed by atoms with E-state index >= 15 is 0 Å². The Morgan fingerprint density at radius 2 is 2.15 bits per heavy atom. The number of likely N-dealkylation sites (tertiary alicyclic amines) is 1. The summed E-state index contributed by atoms with van der Waals surface area (Å²) in [5.41, 5.74) is 2.14. The van der Waals surface area contributed by atoms with E-state index in [2.05, 4.69) is 20.3 Å². The third kappa shape index (κ3) is 3.37. The molecule has 3 aromatic heterocycles. The normalized spacial score (nSPS) is 15.4. The highest BCUT2D eigenvalue weighted by molar-refractivity contribution is 7.23. The number of nitrogens with zero attached hydrogens (tertiary/aromatic N) is 4. The van der Waals surface area contributed by atoms with Gasteiger partial charge in [-0.25, -0.2) is 9.97 Å². The van der Waals surface area contributed by atoms with Crippen LogP contribution in [-0.4, -0.2) is 38.8 Å². The lowest BCUT2D eigenvalue weighted by molar-refractivity contribution is 0.0789. The van der Waals surface area contributed by atoms with Crippen molar-refractivity contribution in [1.29, 1.82) is 0 Å². The molecule has 0 radical (unpaired) electrons. The van der Waals surface area contributed by atoms with Crippen molar-refractivity contribution in [3.63, 3.8) is 0 Å². The third-order valence-electron chi connectivity index (χ3n) is 4.47. The summed E-state index contributed by atoms with van der Waals surface area (Å²) in [4.78, 5) is 28.0. The number of amides is 1. The van der Waals surface area contributed by atoms with Gasteiger partial charge in [-0.15, -0.1) is 11.3 Å². The van der Waals surface area contributed by atoms with Gasteiger partial charge in [0.2, 0.25) is 5.95 Å². The SMILES string of the molecule is CC(Nc1nc(C(=O)N2CCCC2)c2sc(Cl)cc2n1)c1cccnc1. The number of rotatable bonds is 4. The number of hydrogen-bond acceptors (Lipinski definition) is 6. The van der Waals surface area contributed by atoms with Gasteiger partial charge in [-0.3, -0.25) is 9.78 Å². The minimum atomic E-state index is -0.0505. The van der Waals surface area contributed by atoms with E-state index < -0.39 is 0 Å². The summed E-state index contributed by atoms with van der Waals surface area (Å²) in [6.45, 7) is 3.56. The Hall–Kier alpha value is -2.25. The molecular weight excluding hydrogens is 370 g/mol. The molecule has 1 unspecified atom stereocenters. The lowest BCUT2D eigenvalue weighted by Gasteiger charge is -2.17. The number of nitrogens with one attached hydrogen (secondary N) is 1. The first-order valence-corrected chi connectivity index (χ1v) is 9.74. The summed E-state index contributed by atoms with van der Waals surface area (Å²) in [5.74, 6) is 0.372. The molecule has 0 bridgehead atoms. The van der Waals surface area contributed by atoms with E-state index in [-0.39, 0.29) is 11.9 Å². The van der Waals surface area contributed by atoms with E-state index in [4.69, 9.17) is 11.6 Å². The predicted molar refractivity (Wildman–Crippen MR) is 104 cm³/mol. The van der Waals surface area contributed by atoms with Crippen LogP contribution in [0.3, 0.4) is 0 Å². The minimum absolute atomic E-state index is 0.0370. The molecule has 4 heterocycles. The average Bonchev–Trinajstić information content (AvgIpc) is 3.30. The number of hydrogen-bond donors (Lipinski definition) is 1. The number of fused-ring (bicyclic) bond motifs is 1. The predicted octanol–water partition coefficient (Wildman–Crippen LogP) is 4.15. The molecule has 8 heteroatoms. The first kappa shape index (κ1) is 17.2. The van der Waals surface area contributed by atoms with Crippen LogP contribution >= 0.6 is 22.9 Å². The maximum atomic E-state index is 12.9. The summed E-state index contributed by atoms with van der Waals surface area (Å²) in [7, 11) is 0. The molecular formula is C18H18ClN5OS. The molecule has 3 aromatic rings. The molecule has 26 heavy (non-hydrogen) atoms. The molecule has 0 saturated carbocycles. The zero-order chi connectivity index (χ0) is 18.1. The minimum Gasteiger partial charge on any atom is -0.348 e. The number of carbonyl (C=O) groups is 1. The highest BCUT2D eigenvalue weighted by Gasteiger charge is 2.25. The van der Waals surface area contributed by atoms with E-state index in [1.54, 1.807) is 18.5 Å². The van der Waals surface area contributed by atoms with Crippen molar-refractivity contribution < 1.29 is 4.79 Å². The quantitative estimate of drug-likeness (QED) is 0.728. The molecule has 0 aliphatic carbocycles. The lowest BCUT2D eigenvalue weighted by atomic mass is 10.1. The Morgan fingerprint density at radius 1 is 1.35 bits per heavy atom. The maximum absolute atomic E-state index is 12.9. The van der Waals surface area contributed by atoms with Crippen LogP contribution in [0.4, 0.5) is 5.95 Å². The topological polar surface area (TPSA) is 71.0 Å². The number of aromatic nitrogens is 3. The molecule has 6 nitrogen and oxygen atoms in total. The van der Waals surface area contributed by atoms with Gasteiger partial charge >= 0.3 is 0 Å². The molecule has 0 aromatic carbocycles. The van der Waals surface area contributed by atoms with Gasteiger partial charge in [0.15, 0.2) is 5.69 Å². The molecule has 134 valence electrons. The average molecular weight is 388 g/mol. The van der Waals surface area contributed by atoms with E-state index in [9.17, 15) is 4.79 Å². The molecule has 1 amide bonds. The fraction of sp³-hybridized carbons (Fsp3) is 0.333. The standard InChI is InChI=1S/C18H18ClN5OS/c1-11(12-5-4-6-20-10-12)21-18-22-13-9-14(19)26-16(13)15(23-18)17(25)24-7-2-3-8-24/h4-6,9-11H,2-3,7-8H2,1H3,(H,21,22,23). The van der Waals surface area contributed by atoms with Crippen LogP contribution < -0.4 is 5.32 Å². The smallest absolute Gasteiger partial charge is 0.274 e. The molecule has 1 aliphatic heterocycles. The second-order valence-electron chi connectivity index (χ2n) is 6.31. The number of pyridine rings is 1. The van der Waals surface area contributed by atoms with Crippen LogP contribution in [0.15, 0.2) is 30.6 Å². The monoisotopic (exact) mass is 387 g/mol. The van der Waals surface area contributed by atoms with Gasteiger partial charge in [0.1, 0.15) is 0 Å². The molecule has 4 rings (SSSR count). The highest BCUT2D eigenvalue weighted by atomic mass is 35.5. The molecule has 1 atom stereocenters. The van der Waals surface area contributed by atoms with E-state index in [1.807, 2.05) is 24.0 Å². The summed E-state index contributed by atoms with van der Waals surface area (Å²) < 4.78 is 1.34. The summed E-state index contributed by atoms with van der Waals surface area (Å²) in [6.07, 6.45) is 5.61. The fourth-order valence-corrected chi connectivity index (χ4v) is 4.23. The first-order chi connectivity index (χ1) is 12.6. The zero-order valence-corrected chi connectivity index (χ0v) is 15.8. The van der Waals surface area contributed by atoms with Crippen LogP contribution in [-0.2, 0) is 0 Å². The summed E-state index contributed by atoms with van der Waals surface area (Å²) in [5, 5.41) is 3.27. The van der Waals surface area contributed by atoms with Crippen LogP contribution in [0.2, 0.25) is 4.34 Å². The van der Waals surface area contributed by atoms with Crippen LogP contribution in [0.25, 0.3) is 10.2 Å². The maximum Gasteiger partial charge on any atom is 0.274 e. The van der Waals surface area contributed by atoms with Crippen LogP contribution in [0.5, 0.6) is 0 Å². The van der Waals surface area contributed by atoms with E-state index in [0.717, 1.165) is 36.2 Å². The third-order valence-corrected chi connectivity index (χ3v) is 5.73. The van der Waals surface area contributed by atoms with Crippen molar-refractivity contribution in [2.75, 3.05) is 18.4 Å². The number of thiophene rings is 1. The van der Waals surface area contributed by atoms with E-state index in [1.165, 1.54) is 11.3 Å². The Balaban J connectivity index is 1.70.